The molecule has 2 aliphatic rings. The van der Waals surface area contributed by atoms with Crippen molar-refractivity contribution in [2.75, 3.05) is 47.0 Å². The van der Waals surface area contributed by atoms with Gasteiger partial charge in [0.05, 0.1) is 19.3 Å². The van der Waals surface area contributed by atoms with Crippen LogP contribution in [0.1, 0.15) is 23.7 Å². The molecule has 7 nitrogen and oxygen atoms in total. The summed E-state index contributed by atoms with van der Waals surface area (Å²) in [6, 6.07) is 3.43. The van der Waals surface area contributed by atoms with Gasteiger partial charge in [-0.25, -0.2) is 4.98 Å². The fourth-order valence-corrected chi connectivity index (χ4v) is 4.11. The van der Waals surface area contributed by atoms with Gasteiger partial charge < -0.3 is 19.3 Å². The van der Waals surface area contributed by atoms with Gasteiger partial charge in [-0.15, -0.1) is 0 Å². The number of pyridine rings is 1. The number of hydrogen-bond acceptors (Lipinski definition) is 5. The molecule has 136 valence electrons. The normalized spacial score (nSPS) is 25.6. The van der Waals surface area contributed by atoms with Crippen molar-refractivity contribution in [3.63, 3.8) is 0 Å². The average Bonchev–Trinajstić information content (AvgIpc) is 2.99. The summed E-state index contributed by atoms with van der Waals surface area (Å²) in [6.45, 7) is 4.83. The summed E-state index contributed by atoms with van der Waals surface area (Å²) in [7, 11) is 3.22. The molecule has 2 aliphatic heterocycles. The number of aromatic nitrogens is 1. The molecule has 0 aromatic carbocycles. The SMILES string of the molecule is COC[C@@]12CN(C(C)=O)CC[C@@H]1CN(C(=O)c1ccc(OC)nc1)C2. The number of amides is 2. The van der Waals surface area contributed by atoms with Gasteiger partial charge in [0, 0.05) is 57.9 Å². The maximum Gasteiger partial charge on any atom is 0.255 e. The van der Waals surface area contributed by atoms with Crippen LogP contribution in [0.25, 0.3) is 0 Å². The molecule has 0 N–H and O–H groups in total. The Morgan fingerprint density at radius 2 is 2.04 bits per heavy atom. The Morgan fingerprint density at radius 3 is 2.64 bits per heavy atom. The van der Waals surface area contributed by atoms with Crippen LogP contribution in [0.3, 0.4) is 0 Å². The van der Waals surface area contributed by atoms with Crippen LogP contribution >= 0.6 is 0 Å². The lowest BCUT2D eigenvalue weighted by Crippen LogP contribution is -2.52. The van der Waals surface area contributed by atoms with E-state index in [4.69, 9.17) is 9.47 Å². The summed E-state index contributed by atoms with van der Waals surface area (Å²) in [5.41, 5.74) is 0.365. The standard InChI is InChI=1S/C18H25N3O4/c1-13(22)20-7-6-15-9-21(11-18(15,10-20)12-24-2)17(23)14-4-5-16(25-3)19-8-14/h4-5,8,15H,6-7,9-12H2,1-3H3/t15-,18+/m1/s1. The minimum Gasteiger partial charge on any atom is -0.481 e. The number of fused-ring (bicyclic) bond motifs is 1. The topological polar surface area (TPSA) is 72.0 Å². The fraction of sp³-hybridized carbons (Fsp3) is 0.611. The monoisotopic (exact) mass is 347 g/mol. The molecule has 2 saturated heterocycles. The van der Waals surface area contributed by atoms with Gasteiger partial charge in [0.25, 0.3) is 5.91 Å². The molecule has 7 heteroatoms. The maximum absolute atomic E-state index is 12.9. The van der Waals surface area contributed by atoms with E-state index >= 15 is 0 Å². The molecule has 3 heterocycles. The molecule has 0 saturated carbocycles. The molecular formula is C18H25N3O4. The first-order chi connectivity index (χ1) is 12.0. The largest absolute Gasteiger partial charge is 0.481 e. The molecule has 0 aliphatic carbocycles. The predicted octanol–water partition coefficient (Wildman–Crippen LogP) is 1.05. The van der Waals surface area contributed by atoms with Crippen LogP contribution in [-0.4, -0.2) is 73.6 Å². The lowest BCUT2D eigenvalue weighted by molar-refractivity contribution is -0.134. The molecule has 1 aromatic rings. The second kappa shape index (κ2) is 7.00. The van der Waals surface area contributed by atoms with Gasteiger partial charge in [-0.2, -0.15) is 0 Å². The van der Waals surface area contributed by atoms with E-state index in [1.54, 1.807) is 39.5 Å². The fourth-order valence-electron chi connectivity index (χ4n) is 4.11. The quantitative estimate of drug-likeness (QED) is 0.814. The first-order valence-corrected chi connectivity index (χ1v) is 8.53. The van der Waals surface area contributed by atoms with Crippen molar-refractivity contribution >= 4 is 11.8 Å². The van der Waals surface area contributed by atoms with E-state index in [0.29, 0.717) is 43.6 Å². The zero-order valence-electron chi connectivity index (χ0n) is 15.0. The van der Waals surface area contributed by atoms with Crippen LogP contribution < -0.4 is 4.74 Å². The van der Waals surface area contributed by atoms with Crippen LogP contribution in [-0.2, 0) is 9.53 Å². The van der Waals surface area contributed by atoms with Crippen LogP contribution in [0.15, 0.2) is 18.3 Å². The van der Waals surface area contributed by atoms with Crippen LogP contribution in [0.2, 0.25) is 0 Å². The number of methoxy groups -OCH3 is 2. The number of carbonyl (C=O) groups excluding carboxylic acids is 2. The highest BCUT2D eigenvalue weighted by Crippen LogP contribution is 2.42. The van der Waals surface area contributed by atoms with Gasteiger partial charge in [0.2, 0.25) is 11.8 Å². The predicted molar refractivity (Wildman–Crippen MR) is 91.4 cm³/mol. The van der Waals surface area contributed by atoms with Gasteiger partial charge in [0.1, 0.15) is 0 Å². The molecule has 0 unspecified atom stereocenters. The first kappa shape index (κ1) is 17.7. The minimum atomic E-state index is -0.186. The molecule has 0 spiro atoms. The third-order valence-electron chi connectivity index (χ3n) is 5.42. The molecular weight excluding hydrogens is 322 g/mol. The summed E-state index contributed by atoms with van der Waals surface area (Å²) in [6.07, 6.45) is 2.45. The second-order valence-corrected chi connectivity index (χ2v) is 7.00. The van der Waals surface area contributed by atoms with Crippen LogP contribution in [0.5, 0.6) is 5.88 Å². The third-order valence-corrected chi connectivity index (χ3v) is 5.42. The lowest BCUT2D eigenvalue weighted by Gasteiger charge is -2.43. The number of nitrogens with zero attached hydrogens (tertiary/aromatic N) is 3. The Labute approximate surface area is 147 Å². The van der Waals surface area contributed by atoms with Crippen LogP contribution in [0.4, 0.5) is 0 Å². The number of hydrogen-bond donors (Lipinski definition) is 0. The van der Waals surface area contributed by atoms with Gasteiger partial charge in [-0.05, 0) is 18.4 Å². The van der Waals surface area contributed by atoms with Crippen molar-refractivity contribution in [3.8, 4) is 5.88 Å². The highest BCUT2D eigenvalue weighted by molar-refractivity contribution is 5.94. The summed E-state index contributed by atoms with van der Waals surface area (Å²) >= 11 is 0. The molecule has 0 bridgehead atoms. The van der Waals surface area contributed by atoms with E-state index in [-0.39, 0.29) is 17.2 Å². The Bertz CT molecular complexity index is 648. The lowest BCUT2D eigenvalue weighted by atomic mass is 9.74. The minimum absolute atomic E-state index is 0.0330. The van der Waals surface area contributed by atoms with Crippen molar-refractivity contribution < 1.29 is 19.1 Å². The molecule has 25 heavy (non-hydrogen) atoms. The first-order valence-electron chi connectivity index (χ1n) is 8.53. The molecule has 1 aromatic heterocycles. The highest BCUT2D eigenvalue weighted by atomic mass is 16.5. The molecule has 0 radical (unpaired) electrons. The van der Waals surface area contributed by atoms with Crippen molar-refractivity contribution in [1.29, 1.82) is 0 Å². The second-order valence-electron chi connectivity index (χ2n) is 7.00. The molecule has 2 amide bonds. The Balaban J connectivity index is 1.78. The summed E-state index contributed by atoms with van der Waals surface area (Å²) < 4.78 is 10.5. The van der Waals surface area contributed by atoms with Gasteiger partial charge >= 0.3 is 0 Å². The van der Waals surface area contributed by atoms with E-state index in [2.05, 4.69) is 4.98 Å². The number of carbonyl (C=O) groups is 2. The maximum atomic E-state index is 12.9. The van der Waals surface area contributed by atoms with Crippen molar-refractivity contribution in [2.24, 2.45) is 11.3 Å². The van der Waals surface area contributed by atoms with E-state index in [9.17, 15) is 9.59 Å². The van der Waals surface area contributed by atoms with Crippen LogP contribution in [0, 0.1) is 11.3 Å². The smallest absolute Gasteiger partial charge is 0.255 e. The molecule has 2 atom stereocenters. The number of piperidine rings is 1. The highest BCUT2D eigenvalue weighted by Gasteiger charge is 2.51. The van der Waals surface area contributed by atoms with Crippen molar-refractivity contribution in [3.05, 3.63) is 23.9 Å². The summed E-state index contributed by atoms with van der Waals surface area (Å²) in [5, 5.41) is 0. The zero-order valence-corrected chi connectivity index (χ0v) is 15.0. The summed E-state index contributed by atoms with van der Waals surface area (Å²) in [5.74, 6) is 0.880. The van der Waals surface area contributed by atoms with Gasteiger partial charge in [-0.1, -0.05) is 0 Å². The van der Waals surface area contributed by atoms with E-state index < -0.39 is 0 Å². The van der Waals surface area contributed by atoms with Crippen molar-refractivity contribution in [2.45, 2.75) is 13.3 Å². The number of rotatable bonds is 4. The third kappa shape index (κ3) is 3.33. The van der Waals surface area contributed by atoms with Crippen molar-refractivity contribution in [1.82, 2.24) is 14.8 Å². The van der Waals surface area contributed by atoms with Gasteiger partial charge in [-0.3, -0.25) is 9.59 Å². The van der Waals surface area contributed by atoms with E-state index in [1.807, 2.05) is 9.80 Å². The van der Waals surface area contributed by atoms with Gasteiger partial charge in [0.15, 0.2) is 0 Å². The Kier molecular flexibility index (Phi) is 4.94. The molecule has 2 fully saturated rings. The number of ether oxygens (including phenoxy) is 2. The Morgan fingerprint density at radius 1 is 1.28 bits per heavy atom. The van der Waals surface area contributed by atoms with E-state index in [1.165, 1.54) is 0 Å². The average molecular weight is 347 g/mol. The van der Waals surface area contributed by atoms with E-state index in [0.717, 1.165) is 13.0 Å². The summed E-state index contributed by atoms with van der Waals surface area (Å²) in [4.78, 5) is 32.6. The molecule has 3 rings (SSSR count). The number of likely N-dealkylation sites (tertiary alicyclic amines) is 2. The zero-order chi connectivity index (χ0) is 18.0. The Hall–Kier alpha value is -2.15.